The van der Waals surface area contributed by atoms with E-state index < -0.39 is 6.09 Å². The molecule has 86 valence electrons. The zero-order valence-corrected chi connectivity index (χ0v) is 9.97. The highest BCUT2D eigenvalue weighted by molar-refractivity contribution is 8.14. The lowest BCUT2D eigenvalue weighted by molar-refractivity contribution is 0.136. The third kappa shape index (κ3) is 4.53. The van der Waals surface area contributed by atoms with Gasteiger partial charge in [-0.15, -0.1) is 0 Å². The van der Waals surface area contributed by atoms with E-state index in [-0.39, 0.29) is 5.44 Å². The highest BCUT2D eigenvalue weighted by Crippen LogP contribution is 2.28. The summed E-state index contributed by atoms with van der Waals surface area (Å²) in [5, 5.41) is 6.72. The molecule has 0 aliphatic carbocycles. The molecule has 0 saturated carbocycles. The van der Waals surface area contributed by atoms with Gasteiger partial charge in [-0.05, 0) is 12.3 Å². The lowest BCUT2D eigenvalue weighted by Gasteiger charge is -2.09. The van der Waals surface area contributed by atoms with E-state index in [4.69, 9.17) is 4.74 Å². The highest BCUT2D eigenvalue weighted by atomic mass is 32.2. The summed E-state index contributed by atoms with van der Waals surface area (Å²) in [7, 11) is 1.49. The summed E-state index contributed by atoms with van der Waals surface area (Å²) in [6.07, 6.45) is 0.416. The van der Waals surface area contributed by atoms with E-state index in [1.165, 1.54) is 18.8 Å². The van der Waals surface area contributed by atoms with Crippen molar-refractivity contribution < 1.29 is 14.4 Å². The lowest BCUT2D eigenvalue weighted by atomic mass is 10.1. The molecule has 0 aromatic heterocycles. The smallest absolute Gasteiger partial charge is 0.360 e. The Morgan fingerprint density at radius 1 is 1.80 bits per heavy atom. The molecule has 0 aromatic rings. The van der Waals surface area contributed by atoms with E-state index in [1.54, 1.807) is 0 Å². The van der Waals surface area contributed by atoms with Gasteiger partial charge in [-0.1, -0.05) is 30.8 Å². The maximum Gasteiger partial charge on any atom is 0.433 e. The number of hydrogen-bond donors (Lipinski definition) is 1. The first-order valence-electron chi connectivity index (χ1n) is 4.85. The van der Waals surface area contributed by atoms with Crippen molar-refractivity contribution in [2.24, 2.45) is 11.1 Å². The number of ether oxygens (including phenoxy) is 1. The van der Waals surface area contributed by atoms with Crippen molar-refractivity contribution in [1.82, 2.24) is 5.32 Å². The molecule has 0 aromatic carbocycles. The zero-order valence-electron chi connectivity index (χ0n) is 9.15. The second-order valence-corrected chi connectivity index (χ2v) is 4.83. The van der Waals surface area contributed by atoms with Crippen LogP contribution in [-0.4, -0.2) is 30.2 Å². The van der Waals surface area contributed by atoms with E-state index in [9.17, 15) is 4.79 Å². The molecule has 0 bridgehead atoms. The summed E-state index contributed by atoms with van der Waals surface area (Å²) in [5.41, 5.74) is 0.136. The van der Waals surface area contributed by atoms with Crippen molar-refractivity contribution in [3.05, 3.63) is 0 Å². The van der Waals surface area contributed by atoms with Crippen molar-refractivity contribution in [2.45, 2.75) is 25.7 Å². The van der Waals surface area contributed by atoms with Crippen LogP contribution in [0.2, 0.25) is 0 Å². The fourth-order valence-electron chi connectivity index (χ4n) is 1.07. The Morgan fingerprint density at radius 3 is 3.13 bits per heavy atom. The average molecular weight is 232 g/mol. The van der Waals surface area contributed by atoms with Crippen molar-refractivity contribution in [2.75, 3.05) is 13.7 Å². The van der Waals surface area contributed by atoms with Crippen molar-refractivity contribution >= 4 is 22.9 Å². The molecule has 15 heavy (non-hydrogen) atoms. The normalized spacial score (nSPS) is 23.5. The standard InChI is InChI=1S/C9H16N2O3S/c1-6(2)4-8-13-5-7(15-8)11-14-9(12)10-3/h6,8H,4-5H2,1-3H3,(H,10,12). The monoisotopic (exact) mass is 232 g/mol. The molecule has 0 radical (unpaired) electrons. The van der Waals surface area contributed by atoms with Crippen LogP contribution in [0.3, 0.4) is 0 Å². The highest BCUT2D eigenvalue weighted by Gasteiger charge is 2.23. The number of oxime groups is 1. The van der Waals surface area contributed by atoms with Crippen LogP contribution in [0.5, 0.6) is 0 Å². The Hall–Kier alpha value is -0.750. The van der Waals surface area contributed by atoms with Crippen LogP contribution in [-0.2, 0) is 9.57 Å². The molecule has 1 rings (SSSR count). The second-order valence-electron chi connectivity index (χ2n) is 3.60. The van der Waals surface area contributed by atoms with Gasteiger partial charge in [0.1, 0.15) is 10.5 Å². The topological polar surface area (TPSA) is 59.9 Å². The van der Waals surface area contributed by atoms with E-state index in [2.05, 4.69) is 29.2 Å². The fourth-order valence-corrected chi connectivity index (χ4v) is 2.21. The summed E-state index contributed by atoms with van der Waals surface area (Å²) in [4.78, 5) is 15.3. The Balaban J connectivity index is 2.32. The summed E-state index contributed by atoms with van der Waals surface area (Å²) in [5.74, 6) is 0.585. The zero-order chi connectivity index (χ0) is 11.3. The van der Waals surface area contributed by atoms with Crippen molar-refractivity contribution in [1.29, 1.82) is 0 Å². The van der Waals surface area contributed by atoms with Gasteiger partial charge in [0, 0.05) is 7.05 Å². The molecule has 1 unspecified atom stereocenters. The number of hydrogen-bond acceptors (Lipinski definition) is 5. The maximum atomic E-state index is 10.7. The van der Waals surface area contributed by atoms with E-state index in [1.807, 2.05) is 0 Å². The minimum absolute atomic E-state index is 0.136. The first kappa shape index (κ1) is 12.3. The van der Waals surface area contributed by atoms with E-state index in [0.717, 1.165) is 6.42 Å². The number of rotatable bonds is 3. The molecule has 5 nitrogen and oxygen atoms in total. The van der Waals surface area contributed by atoms with Gasteiger partial charge in [-0.3, -0.25) is 4.84 Å². The largest absolute Gasteiger partial charge is 0.433 e. The predicted molar refractivity (Wildman–Crippen MR) is 59.8 cm³/mol. The molecule has 1 aliphatic rings. The van der Waals surface area contributed by atoms with Crippen LogP contribution < -0.4 is 5.32 Å². The van der Waals surface area contributed by atoms with Crippen LogP contribution in [0, 0.1) is 5.92 Å². The van der Waals surface area contributed by atoms with Gasteiger partial charge in [0.25, 0.3) is 0 Å². The van der Waals surface area contributed by atoms with Gasteiger partial charge in [-0.2, -0.15) is 0 Å². The van der Waals surface area contributed by atoms with Crippen molar-refractivity contribution in [3.8, 4) is 0 Å². The Kier molecular flexibility index (Phi) is 4.90. The third-order valence-corrected chi connectivity index (χ3v) is 2.81. The van der Waals surface area contributed by atoms with Crippen molar-refractivity contribution in [3.63, 3.8) is 0 Å². The molecule has 1 amide bonds. The van der Waals surface area contributed by atoms with E-state index in [0.29, 0.717) is 17.6 Å². The molecular weight excluding hydrogens is 216 g/mol. The van der Waals surface area contributed by atoms with Gasteiger partial charge < -0.3 is 10.1 Å². The number of nitrogens with zero attached hydrogens (tertiary/aromatic N) is 1. The summed E-state index contributed by atoms with van der Waals surface area (Å²) < 4.78 is 5.46. The van der Waals surface area contributed by atoms with Crippen LogP contribution in [0.1, 0.15) is 20.3 Å². The molecular formula is C9H16N2O3S. The van der Waals surface area contributed by atoms with Gasteiger partial charge in [0.2, 0.25) is 0 Å². The Bertz CT molecular complexity index is 256. The molecule has 0 spiro atoms. The molecule has 1 N–H and O–H groups in total. The summed E-state index contributed by atoms with van der Waals surface area (Å²) in [6.45, 7) is 4.71. The lowest BCUT2D eigenvalue weighted by Crippen LogP contribution is -2.17. The second kappa shape index (κ2) is 5.97. The van der Waals surface area contributed by atoms with Gasteiger partial charge >= 0.3 is 6.09 Å². The number of thioether (sulfide) groups is 1. The average Bonchev–Trinajstić information content (AvgIpc) is 2.61. The number of carbonyl (C=O) groups is 1. The first-order chi connectivity index (χ1) is 7.11. The molecule has 1 aliphatic heterocycles. The number of nitrogens with one attached hydrogen (secondary N) is 1. The van der Waals surface area contributed by atoms with Gasteiger partial charge in [0.15, 0.2) is 0 Å². The van der Waals surface area contributed by atoms with Crippen LogP contribution in [0.25, 0.3) is 0 Å². The third-order valence-electron chi connectivity index (χ3n) is 1.76. The molecule has 6 heteroatoms. The molecule has 1 heterocycles. The number of amides is 1. The fraction of sp³-hybridized carbons (Fsp3) is 0.778. The SMILES string of the molecule is CNC(=O)ON=C1COC(CC(C)C)S1. The van der Waals surface area contributed by atoms with Gasteiger partial charge in [0.05, 0.1) is 6.61 Å². The van der Waals surface area contributed by atoms with Crippen LogP contribution in [0.15, 0.2) is 5.16 Å². The van der Waals surface area contributed by atoms with Gasteiger partial charge in [-0.25, -0.2) is 4.79 Å². The maximum absolute atomic E-state index is 10.7. The molecule has 1 saturated heterocycles. The van der Waals surface area contributed by atoms with E-state index >= 15 is 0 Å². The van der Waals surface area contributed by atoms with Crippen LogP contribution >= 0.6 is 11.8 Å². The number of carbonyl (C=O) groups excluding carboxylic acids is 1. The van der Waals surface area contributed by atoms with Crippen LogP contribution in [0.4, 0.5) is 4.79 Å². The quantitative estimate of drug-likeness (QED) is 0.595. The minimum Gasteiger partial charge on any atom is -0.360 e. The minimum atomic E-state index is -0.560. The summed E-state index contributed by atoms with van der Waals surface area (Å²) >= 11 is 1.51. The molecule has 1 atom stereocenters. The Morgan fingerprint density at radius 2 is 2.53 bits per heavy atom. The Labute approximate surface area is 93.6 Å². The first-order valence-corrected chi connectivity index (χ1v) is 5.73. The summed E-state index contributed by atoms with van der Waals surface area (Å²) in [6, 6.07) is 0. The molecule has 1 fully saturated rings. The predicted octanol–water partition coefficient (Wildman–Crippen LogP) is 1.79.